The SMILES string of the molecule is c1ccc(-c2nc(-c3ccc4c(c3)oc3ccccc34)nc(-c3ccc4c(c3)oc3ccc(-c5ccccc5-c5ccc6sc7ccccc7c6c5)cc34)n2)cc1. The average Bonchev–Trinajstić information content (AvgIpc) is 3.96. The number of fused-ring (bicyclic) bond motifs is 9. The Kier molecular flexibility index (Phi) is 7.03. The van der Waals surface area contributed by atoms with Crippen molar-refractivity contribution in [1.82, 2.24) is 15.0 Å². The lowest BCUT2D eigenvalue weighted by Gasteiger charge is -2.11. The van der Waals surface area contributed by atoms with Gasteiger partial charge in [-0.25, -0.2) is 15.0 Å². The van der Waals surface area contributed by atoms with E-state index in [0.29, 0.717) is 17.5 Å². The Labute approximate surface area is 330 Å². The second kappa shape index (κ2) is 12.6. The first-order chi connectivity index (χ1) is 28.2. The van der Waals surface area contributed by atoms with Crippen LogP contribution < -0.4 is 0 Å². The molecule has 12 aromatic rings. The molecule has 0 spiro atoms. The summed E-state index contributed by atoms with van der Waals surface area (Å²) in [6.45, 7) is 0. The first-order valence-electron chi connectivity index (χ1n) is 18.9. The van der Waals surface area contributed by atoms with Crippen LogP contribution in [-0.4, -0.2) is 15.0 Å². The first-order valence-corrected chi connectivity index (χ1v) is 19.7. The van der Waals surface area contributed by atoms with Crippen molar-refractivity contribution in [2.45, 2.75) is 0 Å². The van der Waals surface area contributed by atoms with Crippen molar-refractivity contribution in [2.24, 2.45) is 0 Å². The zero-order chi connectivity index (χ0) is 37.5. The summed E-state index contributed by atoms with van der Waals surface area (Å²) < 4.78 is 15.4. The number of nitrogens with zero attached hydrogens (tertiary/aromatic N) is 3. The summed E-state index contributed by atoms with van der Waals surface area (Å²) >= 11 is 1.84. The summed E-state index contributed by atoms with van der Waals surface area (Å²) in [5.41, 5.74) is 10.6. The molecule has 8 aromatic carbocycles. The van der Waals surface area contributed by atoms with E-state index in [-0.39, 0.29) is 0 Å². The number of benzene rings is 8. The van der Waals surface area contributed by atoms with Gasteiger partial charge in [0.2, 0.25) is 0 Å². The molecule has 0 N–H and O–H groups in total. The smallest absolute Gasteiger partial charge is 0.164 e. The summed E-state index contributed by atoms with van der Waals surface area (Å²) in [5.74, 6) is 1.73. The van der Waals surface area contributed by atoms with Gasteiger partial charge >= 0.3 is 0 Å². The van der Waals surface area contributed by atoms with Crippen LogP contribution in [0.1, 0.15) is 0 Å². The van der Waals surface area contributed by atoms with E-state index in [4.69, 9.17) is 23.8 Å². The highest BCUT2D eigenvalue weighted by atomic mass is 32.1. The van der Waals surface area contributed by atoms with E-state index >= 15 is 0 Å². The fourth-order valence-electron chi connectivity index (χ4n) is 8.18. The van der Waals surface area contributed by atoms with Gasteiger partial charge in [-0.05, 0) is 82.9 Å². The van der Waals surface area contributed by atoms with Crippen LogP contribution >= 0.6 is 11.3 Å². The van der Waals surface area contributed by atoms with E-state index in [0.717, 1.165) is 66.1 Å². The predicted molar refractivity (Wildman–Crippen MR) is 234 cm³/mol. The van der Waals surface area contributed by atoms with Crippen LogP contribution in [0.15, 0.2) is 185 Å². The standard InChI is InChI=1S/C51H29N3O2S/c1-2-10-30(11-3-1)49-52-50(33-18-22-38-37-14-6-8-16-43(37)55-45(38)28-33)54-51(53-49)34-19-23-39-41-26-31(20-24-44(41)56-46(39)29-34)35-12-4-5-13-36(35)32-21-25-48-42(27-32)40-15-7-9-17-47(40)57-48/h1-29H. The maximum Gasteiger partial charge on any atom is 0.164 e. The van der Waals surface area contributed by atoms with Gasteiger partial charge in [-0.3, -0.25) is 0 Å². The van der Waals surface area contributed by atoms with E-state index in [2.05, 4.69) is 115 Å². The number of aromatic nitrogens is 3. The molecule has 0 saturated heterocycles. The number of thiophene rings is 1. The van der Waals surface area contributed by atoms with E-state index in [1.54, 1.807) is 0 Å². The van der Waals surface area contributed by atoms with Crippen molar-refractivity contribution in [2.75, 3.05) is 0 Å². The molecule has 0 unspecified atom stereocenters. The minimum Gasteiger partial charge on any atom is -0.456 e. The fourth-order valence-corrected chi connectivity index (χ4v) is 9.27. The van der Waals surface area contributed by atoms with Crippen molar-refractivity contribution in [1.29, 1.82) is 0 Å². The Hall–Kier alpha value is -7.41. The van der Waals surface area contributed by atoms with Crippen LogP contribution in [0.25, 0.3) is 120 Å². The van der Waals surface area contributed by atoms with Gasteiger partial charge in [0.15, 0.2) is 17.5 Å². The molecule has 12 rings (SSSR count). The van der Waals surface area contributed by atoms with Crippen LogP contribution in [0.5, 0.6) is 0 Å². The van der Waals surface area contributed by atoms with Crippen LogP contribution in [0.3, 0.4) is 0 Å². The van der Waals surface area contributed by atoms with Gasteiger partial charge in [0, 0.05) is 58.4 Å². The van der Waals surface area contributed by atoms with Crippen molar-refractivity contribution in [3.8, 4) is 56.4 Å². The number of hydrogen-bond acceptors (Lipinski definition) is 6. The summed E-state index contributed by atoms with van der Waals surface area (Å²) in [4.78, 5) is 15.0. The largest absolute Gasteiger partial charge is 0.456 e. The zero-order valence-corrected chi connectivity index (χ0v) is 31.1. The molecule has 0 saturated carbocycles. The van der Waals surface area contributed by atoms with Crippen LogP contribution in [0, 0.1) is 0 Å². The molecule has 5 nitrogen and oxygen atoms in total. The minimum atomic E-state index is 0.566. The van der Waals surface area contributed by atoms with E-state index in [1.165, 1.54) is 36.9 Å². The molecule has 0 fully saturated rings. The van der Waals surface area contributed by atoms with Gasteiger partial charge < -0.3 is 8.83 Å². The molecule has 0 amide bonds. The first kappa shape index (κ1) is 31.9. The highest BCUT2D eigenvalue weighted by Crippen LogP contribution is 2.41. The molecule has 4 aromatic heterocycles. The normalized spacial score (nSPS) is 11.9. The molecular weight excluding hydrogens is 719 g/mol. The van der Waals surface area contributed by atoms with Crippen molar-refractivity contribution < 1.29 is 8.83 Å². The molecule has 0 aliphatic carbocycles. The molecule has 57 heavy (non-hydrogen) atoms. The van der Waals surface area contributed by atoms with Gasteiger partial charge in [0.1, 0.15) is 22.3 Å². The lowest BCUT2D eigenvalue weighted by molar-refractivity contribution is 0.668. The number of furan rings is 2. The Morgan fingerprint density at radius 2 is 0.789 bits per heavy atom. The molecule has 6 heteroatoms. The van der Waals surface area contributed by atoms with E-state index in [1.807, 2.05) is 72.0 Å². The minimum absolute atomic E-state index is 0.566. The Morgan fingerprint density at radius 1 is 0.298 bits per heavy atom. The van der Waals surface area contributed by atoms with Crippen LogP contribution in [0.2, 0.25) is 0 Å². The highest BCUT2D eigenvalue weighted by Gasteiger charge is 2.18. The van der Waals surface area contributed by atoms with Crippen molar-refractivity contribution in [3.63, 3.8) is 0 Å². The quantitative estimate of drug-likeness (QED) is 0.175. The topological polar surface area (TPSA) is 65.0 Å². The summed E-state index contributed by atoms with van der Waals surface area (Å²) in [5, 5.41) is 6.83. The Bertz CT molecular complexity index is 3540. The van der Waals surface area contributed by atoms with Crippen LogP contribution in [0.4, 0.5) is 0 Å². The lowest BCUT2D eigenvalue weighted by atomic mass is 9.93. The molecule has 0 aliphatic heterocycles. The summed E-state index contributed by atoms with van der Waals surface area (Å²) in [6, 6.07) is 61.2. The van der Waals surface area contributed by atoms with Crippen molar-refractivity contribution in [3.05, 3.63) is 176 Å². The van der Waals surface area contributed by atoms with Gasteiger partial charge in [-0.1, -0.05) is 115 Å². The second-order valence-corrected chi connectivity index (χ2v) is 15.4. The molecule has 0 aliphatic rings. The molecule has 4 heterocycles. The second-order valence-electron chi connectivity index (χ2n) is 14.4. The average molecular weight is 748 g/mol. The van der Waals surface area contributed by atoms with Crippen molar-refractivity contribution >= 4 is 75.4 Å². The third kappa shape index (κ3) is 5.26. The van der Waals surface area contributed by atoms with Gasteiger partial charge in [-0.2, -0.15) is 0 Å². The Morgan fingerprint density at radius 3 is 1.51 bits per heavy atom. The Balaban J connectivity index is 0.955. The maximum atomic E-state index is 6.52. The van der Waals surface area contributed by atoms with Gasteiger partial charge in [0.25, 0.3) is 0 Å². The summed E-state index contributed by atoms with van der Waals surface area (Å²) in [6.07, 6.45) is 0. The number of rotatable bonds is 5. The van der Waals surface area contributed by atoms with Crippen LogP contribution in [-0.2, 0) is 0 Å². The molecular formula is C51H29N3O2S. The number of para-hydroxylation sites is 1. The highest BCUT2D eigenvalue weighted by molar-refractivity contribution is 7.25. The monoisotopic (exact) mass is 747 g/mol. The van der Waals surface area contributed by atoms with Gasteiger partial charge in [-0.15, -0.1) is 11.3 Å². The summed E-state index contributed by atoms with van der Waals surface area (Å²) in [7, 11) is 0. The maximum absolute atomic E-state index is 6.52. The molecule has 0 radical (unpaired) electrons. The zero-order valence-electron chi connectivity index (χ0n) is 30.3. The molecule has 266 valence electrons. The van der Waals surface area contributed by atoms with Gasteiger partial charge in [0.05, 0.1) is 0 Å². The molecule has 0 bridgehead atoms. The predicted octanol–water partition coefficient (Wildman–Crippen LogP) is 14.4. The number of hydrogen-bond donors (Lipinski definition) is 0. The third-order valence-electron chi connectivity index (χ3n) is 11.0. The third-order valence-corrected chi connectivity index (χ3v) is 12.1. The molecule has 0 atom stereocenters. The fraction of sp³-hybridized carbons (Fsp3) is 0. The van der Waals surface area contributed by atoms with E-state index < -0.39 is 0 Å². The lowest BCUT2D eigenvalue weighted by Crippen LogP contribution is -2.00. The van der Waals surface area contributed by atoms with E-state index in [9.17, 15) is 0 Å².